The van der Waals surface area contributed by atoms with E-state index in [0.717, 1.165) is 30.9 Å². The van der Waals surface area contributed by atoms with E-state index in [2.05, 4.69) is 31.2 Å². The Kier molecular flexibility index (Phi) is 13.4. The number of phenols is 1. The molecule has 0 radical (unpaired) electrons. The first kappa shape index (κ1) is 36.3. The number of cyclic esters (lactones) is 2. The van der Waals surface area contributed by atoms with E-state index in [1.54, 1.807) is 12.1 Å². The van der Waals surface area contributed by atoms with Crippen LogP contribution >= 0.6 is 0 Å². The lowest BCUT2D eigenvalue weighted by Crippen LogP contribution is -2.43. The zero-order valence-corrected chi connectivity index (χ0v) is 24.1. The first-order chi connectivity index (χ1) is 18.8. The molecule has 2 aromatic rings. The molecular formula is C35H50O7. The maximum absolute atomic E-state index is 11.6. The minimum atomic E-state index is -0.659. The van der Waals surface area contributed by atoms with Crippen LogP contribution in [0, 0.1) is 18.8 Å². The lowest BCUT2D eigenvalue weighted by atomic mass is 9.80. The zero-order valence-electron chi connectivity index (χ0n) is 24.1. The van der Waals surface area contributed by atoms with Gasteiger partial charge >= 0.3 is 11.9 Å². The molecule has 232 valence electrons. The summed E-state index contributed by atoms with van der Waals surface area (Å²) >= 11 is 0. The van der Waals surface area contributed by atoms with Crippen molar-refractivity contribution in [3.8, 4) is 5.75 Å². The normalized spacial score (nSPS) is 21.5. The van der Waals surface area contributed by atoms with Crippen molar-refractivity contribution in [3.05, 3.63) is 88.9 Å². The van der Waals surface area contributed by atoms with Crippen LogP contribution in [-0.2, 0) is 31.9 Å². The average molecular weight is 583 g/mol. The van der Waals surface area contributed by atoms with Crippen LogP contribution in [0.4, 0.5) is 0 Å². The first-order valence-electron chi connectivity index (χ1n) is 13.9. The van der Waals surface area contributed by atoms with Crippen molar-refractivity contribution in [2.45, 2.75) is 99.2 Å². The highest BCUT2D eigenvalue weighted by Crippen LogP contribution is 2.37. The highest BCUT2D eigenvalue weighted by atomic mass is 16.6. The van der Waals surface area contributed by atoms with Crippen LogP contribution in [0.25, 0.3) is 0 Å². The molecule has 0 aliphatic carbocycles. The molecule has 2 heterocycles. The van der Waals surface area contributed by atoms with E-state index in [1.165, 1.54) is 17.2 Å². The van der Waals surface area contributed by atoms with Crippen LogP contribution in [0.1, 0.15) is 84.9 Å². The number of aliphatic hydroxyl groups is 2. The van der Waals surface area contributed by atoms with Gasteiger partial charge in [-0.3, -0.25) is 0 Å². The van der Waals surface area contributed by atoms with Gasteiger partial charge in [-0.1, -0.05) is 84.5 Å². The van der Waals surface area contributed by atoms with Gasteiger partial charge in [-0.05, 0) is 67.7 Å². The minimum absolute atomic E-state index is 0. The van der Waals surface area contributed by atoms with E-state index in [0.29, 0.717) is 19.3 Å². The van der Waals surface area contributed by atoms with Gasteiger partial charge in [0.1, 0.15) is 28.5 Å². The highest BCUT2D eigenvalue weighted by Gasteiger charge is 2.42. The molecule has 0 amide bonds. The smallest absolute Gasteiger partial charge is 0.334 e. The second-order valence-corrected chi connectivity index (χ2v) is 11.6. The summed E-state index contributed by atoms with van der Waals surface area (Å²) in [5.74, 6) is -0.205. The van der Waals surface area contributed by atoms with Crippen molar-refractivity contribution < 1.29 is 34.4 Å². The Morgan fingerprint density at radius 3 is 1.36 bits per heavy atom. The van der Waals surface area contributed by atoms with Crippen LogP contribution in [0.15, 0.2) is 72.2 Å². The van der Waals surface area contributed by atoms with E-state index in [1.807, 2.05) is 39.8 Å². The number of hydrogen-bond donors (Lipinski definition) is 3. The van der Waals surface area contributed by atoms with Crippen LogP contribution in [0.2, 0.25) is 0 Å². The summed E-state index contributed by atoms with van der Waals surface area (Å²) in [5.41, 5.74) is 2.26. The quantitative estimate of drug-likeness (QED) is 0.270. The summed E-state index contributed by atoms with van der Waals surface area (Å²) < 4.78 is 11.1. The lowest BCUT2D eigenvalue weighted by Gasteiger charge is -2.39. The Morgan fingerprint density at radius 2 is 1.02 bits per heavy atom. The molecule has 0 spiro atoms. The number of aryl methyl sites for hydroxylation is 3. The molecule has 0 saturated heterocycles. The third-order valence-electron chi connectivity index (χ3n) is 7.97. The van der Waals surface area contributed by atoms with Gasteiger partial charge in [0.25, 0.3) is 0 Å². The van der Waals surface area contributed by atoms with E-state index >= 15 is 0 Å². The van der Waals surface area contributed by atoms with Crippen molar-refractivity contribution in [3.63, 3.8) is 0 Å². The molecule has 4 rings (SSSR count). The number of aliphatic hydroxyl groups excluding tert-OH is 2. The van der Waals surface area contributed by atoms with Crippen molar-refractivity contribution in [1.29, 1.82) is 0 Å². The van der Waals surface area contributed by atoms with Gasteiger partial charge in [0.15, 0.2) is 0 Å². The van der Waals surface area contributed by atoms with Crippen LogP contribution in [0.5, 0.6) is 5.75 Å². The Morgan fingerprint density at radius 1 is 0.667 bits per heavy atom. The number of hydrogen-bond acceptors (Lipinski definition) is 7. The summed E-state index contributed by atoms with van der Waals surface area (Å²) in [4.78, 5) is 23.1. The van der Waals surface area contributed by atoms with Crippen LogP contribution in [-0.4, -0.2) is 38.5 Å². The van der Waals surface area contributed by atoms with Crippen molar-refractivity contribution in [2.75, 3.05) is 0 Å². The summed E-state index contributed by atoms with van der Waals surface area (Å²) in [6, 6.07) is 15.4. The van der Waals surface area contributed by atoms with E-state index in [4.69, 9.17) is 9.47 Å². The number of carbonyl (C=O) groups is 2. The number of aromatic hydroxyl groups is 1. The predicted molar refractivity (Wildman–Crippen MR) is 167 cm³/mol. The van der Waals surface area contributed by atoms with Gasteiger partial charge in [-0.25, -0.2) is 9.59 Å². The molecule has 7 heteroatoms. The Bertz CT molecular complexity index is 1130. The number of ether oxygens (including phenoxy) is 2. The van der Waals surface area contributed by atoms with Gasteiger partial charge in [-0.15, -0.1) is 0 Å². The molecule has 2 aromatic carbocycles. The molecule has 3 N–H and O–H groups in total. The van der Waals surface area contributed by atoms with Gasteiger partial charge in [0.2, 0.25) is 0 Å². The molecule has 0 aromatic heterocycles. The number of benzene rings is 2. The van der Waals surface area contributed by atoms with Gasteiger partial charge < -0.3 is 24.8 Å². The molecule has 0 bridgehead atoms. The molecule has 2 aliphatic heterocycles. The van der Waals surface area contributed by atoms with Crippen molar-refractivity contribution >= 4 is 11.9 Å². The molecule has 2 aliphatic rings. The minimum Gasteiger partial charge on any atom is -0.512 e. The molecule has 2 atom stereocenters. The predicted octanol–water partition coefficient (Wildman–Crippen LogP) is 8.09. The summed E-state index contributed by atoms with van der Waals surface area (Å²) in [5, 5.41) is 28.8. The average Bonchev–Trinajstić information content (AvgIpc) is 2.87. The zero-order chi connectivity index (χ0) is 29.5. The molecule has 42 heavy (non-hydrogen) atoms. The Labute approximate surface area is 251 Å². The Balaban J connectivity index is 0.000000401. The van der Waals surface area contributed by atoms with Crippen LogP contribution in [0.3, 0.4) is 0 Å². The first-order valence-corrected chi connectivity index (χ1v) is 13.9. The SMILES string of the molecule is C.C.CC(C)[C@]1(CCc2ccc(O)cc2)CC(O)=CC(=O)O1.Cc1ccc(CC[C@@]2(C(C)C)CC(O)=CC(=O)O2)cc1. The maximum Gasteiger partial charge on any atom is 0.334 e. The third kappa shape index (κ3) is 9.68. The van der Waals surface area contributed by atoms with E-state index in [9.17, 15) is 24.9 Å². The molecule has 0 saturated carbocycles. The summed E-state index contributed by atoms with van der Waals surface area (Å²) in [6.07, 6.45) is 5.99. The number of carbonyl (C=O) groups excluding carboxylic acids is 2. The van der Waals surface area contributed by atoms with E-state index in [-0.39, 0.29) is 44.0 Å². The lowest BCUT2D eigenvalue weighted by molar-refractivity contribution is -0.165. The molecule has 7 nitrogen and oxygen atoms in total. The van der Waals surface area contributed by atoms with Crippen molar-refractivity contribution in [1.82, 2.24) is 0 Å². The second kappa shape index (κ2) is 15.5. The maximum atomic E-state index is 11.6. The number of rotatable bonds is 8. The van der Waals surface area contributed by atoms with Crippen LogP contribution < -0.4 is 0 Å². The molecular weight excluding hydrogens is 532 g/mol. The highest BCUT2D eigenvalue weighted by molar-refractivity contribution is 5.84. The fourth-order valence-electron chi connectivity index (χ4n) is 5.15. The summed E-state index contributed by atoms with van der Waals surface area (Å²) in [7, 11) is 0. The fraction of sp³-hybridized carbons (Fsp3) is 0.486. The third-order valence-corrected chi connectivity index (χ3v) is 7.97. The van der Waals surface area contributed by atoms with Gasteiger partial charge in [-0.2, -0.15) is 0 Å². The topological polar surface area (TPSA) is 113 Å². The van der Waals surface area contributed by atoms with Crippen molar-refractivity contribution in [2.24, 2.45) is 11.8 Å². The standard InChI is InChI=1S/C17H22O3.C16H20O4.2CH4/c1-12(2)17(11-15(18)10-16(19)20-17)9-8-14-6-4-13(3)5-7-14;1-11(2)16(10-14(18)9-15(19)20-16)8-7-12-3-5-13(17)6-4-12;;/h4-7,10,12,18H,8-9,11H2,1-3H3;3-6,9,11,17-18H,7-8,10H2,1-2H3;2*1H4/t17-;16-;;/m00../s1. The molecule has 0 fully saturated rings. The molecule has 0 unspecified atom stereocenters. The van der Waals surface area contributed by atoms with Gasteiger partial charge in [0, 0.05) is 12.8 Å². The van der Waals surface area contributed by atoms with Gasteiger partial charge in [0.05, 0.1) is 12.2 Å². The van der Waals surface area contributed by atoms with E-state index < -0.39 is 23.1 Å². The summed E-state index contributed by atoms with van der Waals surface area (Å²) in [6.45, 7) is 10.1. The number of phenolic OH excluding ortho intramolecular Hbond substituents is 1. The largest absolute Gasteiger partial charge is 0.512 e. The number of esters is 2. The Hall–Kier alpha value is -3.74. The monoisotopic (exact) mass is 582 g/mol. The fourth-order valence-corrected chi connectivity index (χ4v) is 5.15. The second-order valence-electron chi connectivity index (χ2n) is 11.6.